The quantitative estimate of drug-likeness (QED) is 0.706. The topological polar surface area (TPSA) is 32.3 Å². The van der Waals surface area contributed by atoms with Gasteiger partial charge in [-0.1, -0.05) is 42.5 Å². The summed E-state index contributed by atoms with van der Waals surface area (Å²) in [6.45, 7) is 4.55. The van der Waals surface area contributed by atoms with Gasteiger partial charge in [-0.2, -0.15) is 13.2 Å². The van der Waals surface area contributed by atoms with E-state index in [1.165, 1.54) is 17.7 Å². The SMILES string of the molecule is CC(NS(C)=O)c1ccc(CN2CCC(c3cccc(C(F)(F)F)c3)CC2)cc1. The molecular formula is C22H27F3N2OS. The largest absolute Gasteiger partial charge is 0.416 e. The Morgan fingerprint density at radius 2 is 1.79 bits per heavy atom. The first-order chi connectivity index (χ1) is 13.7. The molecule has 0 spiro atoms. The van der Waals surface area contributed by atoms with Crippen molar-refractivity contribution in [1.82, 2.24) is 9.62 Å². The smallest absolute Gasteiger partial charge is 0.299 e. The number of hydrogen-bond acceptors (Lipinski definition) is 2. The van der Waals surface area contributed by atoms with E-state index < -0.39 is 22.7 Å². The van der Waals surface area contributed by atoms with Crippen molar-refractivity contribution in [3.05, 3.63) is 70.8 Å². The number of piperidine rings is 1. The number of benzene rings is 2. The van der Waals surface area contributed by atoms with Gasteiger partial charge in [0.15, 0.2) is 0 Å². The zero-order valence-corrected chi connectivity index (χ0v) is 17.5. The molecule has 0 bridgehead atoms. The van der Waals surface area contributed by atoms with E-state index in [-0.39, 0.29) is 12.0 Å². The van der Waals surface area contributed by atoms with Gasteiger partial charge in [0.2, 0.25) is 0 Å². The Morgan fingerprint density at radius 1 is 1.14 bits per heavy atom. The van der Waals surface area contributed by atoms with Crippen LogP contribution in [0.2, 0.25) is 0 Å². The van der Waals surface area contributed by atoms with E-state index in [2.05, 4.69) is 33.9 Å². The summed E-state index contributed by atoms with van der Waals surface area (Å²) in [4.78, 5) is 2.35. The lowest BCUT2D eigenvalue weighted by atomic mass is 9.88. The second-order valence-electron chi connectivity index (χ2n) is 7.71. The highest BCUT2D eigenvalue weighted by Gasteiger charge is 2.31. The van der Waals surface area contributed by atoms with Crippen LogP contribution in [0.4, 0.5) is 13.2 Å². The van der Waals surface area contributed by atoms with E-state index in [0.29, 0.717) is 0 Å². The average molecular weight is 425 g/mol. The van der Waals surface area contributed by atoms with E-state index in [4.69, 9.17) is 0 Å². The van der Waals surface area contributed by atoms with Gasteiger partial charge < -0.3 is 0 Å². The van der Waals surface area contributed by atoms with Gasteiger partial charge in [-0.15, -0.1) is 0 Å². The van der Waals surface area contributed by atoms with E-state index in [9.17, 15) is 17.4 Å². The van der Waals surface area contributed by atoms with Gasteiger partial charge in [0.1, 0.15) is 0 Å². The van der Waals surface area contributed by atoms with Crippen LogP contribution in [0.3, 0.4) is 0 Å². The first-order valence-electron chi connectivity index (χ1n) is 9.80. The maximum absolute atomic E-state index is 13.0. The van der Waals surface area contributed by atoms with Gasteiger partial charge in [0.05, 0.1) is 16.5 Å². The maximum atomic E-state index is 13.0. The van der Waals surface area contributed by atoms with Gasteiger partial charge in [0.25, 0.3) is 0 Å². The number of alkyl halides is 3. The summed E-state index contributed by atoms with van der Waals surface area (Å²) in [5.41, 5.74) is 2.52. The van der Waals surface area contributed by atoms with E-state index in [1.54, 1.807) is 6.26 Å². The fourth-order valence-electron chi connectivity index (χ4n) is 3.88. The second kappa shape index (κ2) is 9.41. The number of nitrogens with one attached hydrogen (secondary N) is 1. The average Bonchev–Trinajstić information content (AvgIpc) is 2.68. The molecule has 2 aromatic rings. The van der Waals surface area contributed by atoms with E-state index in [1.807, 2.05) is 13.0 Å². The summed E-state index contributed by atoms with van der Waals surface area (Å²) in [7, 11) is -1.05. The fraction of sp³-hybridized carbons (Fsp3) is 0.455. The van der Waals surface area contributed by atoms with Crippen LogP contribution in [0, 0.1) is 0 Å². The van der Waals surface area contributed by atoms with Crippen molar-refractivity contribution in [2.24, 2.45) is 0 Å². The summed E-state index contributed by atoms with van der Waals surface area (Å²) in [5.74, 6) is 0.178. The summed E-state index contributed by atoms with van der Waals surface area (Å²) in [5, 5.41) is 0. The maximum Gasteiger partial charge on any atom is 0.416 e. The highest BCUT2D eigenvalue weighted by molar-refractivity contribution is 7.82. The predicted molar refractivity (Wildman–Crippen MR) is 111 cm³/mol. The molecule has 7 heteroatoms. The number of likely N-dealkylation sites (tertiary alicyclic amines) is 1. The van der Waals surface area contributed by atoms with Crippen LogP contribution in [-0.4, -0.2) is 28.5 Å². The predicted octanol–water partition coefficient (Wildman–Crippen LogP) is 5.03. The number of rotatable bonds is 6. The number of halogens is 3. The zero-order chi connectivity index (χ0) is 21.0. The Labute approximate surface area is 172 Å². The lowest BCUT2D eigenvalue weighted by Gasteiger charge is -2.32. The molecule has 3 nitrogen and oxygen atoms in total. The third kappa shape index (κ3) is 6.14. The minimum atomic E-state index is -4.29. The van der Waals surface area contributed by atoms with Crippen LogP contribution in [0.25, 0.3) is 0 Å². The monoisotopic (exact) mass is 424 g/mol. The molecule has 1 heterocycles. The van der Waals surface area contributed by atoms with Crippen molar-refractivity contribution in [2.45, 2.75) is 44.4 Å². The minimum Gasteiger partial charge on any atom is -0.299 e. The van der Waals surface area contributed by atoms with E-state index >= 15 is 0 Å². The summed E-state index contributed by atoms with van der Waals surface area (Å²) < 4.78 is 53.1. The number of nitrogens with zero attached hydrogens (tertiary/aromatic N) is 1. The van der Waals surface area contributed by atoms with Gasteiger partial charge in [-0.05, 0) is 61.5 Å². The molecule has 0 aromatic heterocycles. The minimum absolute atomic E-state index is 0.0260. The van der Waals surface area contributed by atoms with Crippen LogP contribution in [0.1, 0.15) is 54.0 Å². The lowest BCUT2D eigenvalue weighted by Crippen LogP contribution is -2.32. The highest BCUT2D eigenvalue weighted by Crippen LogP contribution is 2.34. The molecule has 1 aliphatic rings. The van der Waals surface area contributed by atoms with Crippen molar-refractivity contribution < 1.29 is 17.4 Å². The Kier molecular flexibility index (Phi) is 7.14. The molecule has 0 saturated carbocycles. The van der Waals surface area contributed by atoms with Gasteiger partial charge in [-0.3, -0.25) is 4.90 Å². The molecule has 3 rings (SSSR count). The summed E-state index contributed by atoms with van der Waals surface area (Å²) >= 11 is 0. The van der Waals surface area contributed by atoms with Crippen LogP contribution in [-0.2, 0) is 23.7 Å². The first-order valence-corrected chi connectivity index (χ1v) is 11.4. The van der Waals surface area contributed by atoms with Crippen molar-refractivity contribution in [3.8, 4) is 0 Å². The molecule has 0 aliphatic carbocycles. The van der Waals surface area contributed by atoms with Crippen LogP contribution < -0.4 is 4.72 Å². The Balaban J connectivity index is 1.54. The summed E-state index contributed by atoms with van der Waals surface area (Å²) in [6, 6.07) is 14.1. The molecule has 1 fully saturated rings. The third-order valence-corrected chi connectivity index (χ3v) is 6.19. The van der Waals surface area contributed by atoms with Crippen LogP contribution in [0.15, 0.2) is 48.5 Å². The van der Waals surface area contributed by atoms with Crippen LogP contribution in [0.5, 0.6) is 0 Å². The normalized spacial score (nSPS) is 18.5. The first kappa shape index (κ1) is 22.0. The van der Waals surface area contributed by atoms with Crippen molar-refractivity contribution in [2.75, 3.05) is 19.3 Å². The van der Waals surface area contributed by atoms with Gasteiger partial charge in [-0.25, -0.2) is 8.93 Å². The second-order valence-corrected chi connectivity index (χ2v) is 8.85. The molecule has 0 radical (unpaired) electrons. The molecule has 1 aliphatic heterocycles. The van der Waals surface area contributed by atoms with Gasteiger partial charge >= 0.3 is 6.18 Å². The van der Waals surface area contributed by atoms with Crippen molar-refractivity contribution >= 4 is 11.0 Å². The molecule has 2 unspecified atom stereocenters. The number of hydrogen-bond donors (Lipinski definition) is 1. The van der Waals surface area contributed by atoms with Crippen LogP contribution >= 0.6 is 0 Å². The third-order valence-electron chi connectivity index (χ3n) is 5.50. The Hall–Kier alpha value is -1.70. The summed E-state index contributed by atoms with van der Waals surface area (Å²) in [6.07, 6.45) is -0.943. The fourth-order valence-corrected chi connectivity index (χ4v) is 4.51. The molecule has 1 saturated heterocycles. The molecule has 2 atom stereocenters. The van der Waals surface area contributed by atoms with Crippen molar-refractivity contribution in [3.63, 3.8) is 0 Å². The molecule has 29 heavy (non-hydrogen) atoms. The van der Waals surface area contributed by atoms with E-state index in [0.717, 1.165) is 49.7 Å². The van der Waals surface area contributed by atoms with Crippen molar-refractivity contribution in [1.29, 1.82) is 0 Å². The molecule has 2 aromatic carbocycles. The highest BCUT2D eigenvalue weighted by atomic mass is 32.2. The molecule has 158 valence electrons. The standard InChI is InChI=1S/C22H27F3N2OS/c1-16(26-29(2)28)18-8-6-17(7-9-18)15-27-12-10-19(11-13-27)20-4-3-5-21(14-20)22(23,24)25/h3-9,14,16,19,26H,10-13,15H2,1-2H3. The zero-order valence-electron chi connectivity index (χ0n) is 16.7. The van der Waals surface area contributed by atoms with Gasteiger partial charge in [0, 0.05) is 18.8 Å². The lowest BCUT2D eigenvalue weighted by molar-refractivity contribution is -0.137. The Bertz CT molecular complexity index is 831. The molecule has 1 N–H and O–H groups in total. The Morgan fingerprint density at radius 3 is 2.38 bits per heavy atom. The molecular weight excluding hydrogens is 397 g/mol. The molecule has 0 amide bonds.